The van der Waals surface area contributed by atoms with Gasteiger partial charge in [0.25, 0.3) is 0 Å². The van der Waals surface area contributed by atoms with E-state index < -0.39 is 0 Å². The lowest BCUT2D eigenvalue weighted by Gasteiger charge is -2.26. The summed E-state index contributed by atoms with van der Waals surface area (Å²) in [7, 11) is 0. The molecular formula is C15H20N2O2. The normalized spacial score (nSPS) is 22.2. The van der Waals surface area contributed by atoms with Gasteiger partial charge in [-0.05, 0) is 38.5 Å². The Labute approximate surface area is 114 Å². The van der Waals surface area contributed by atoms with Crippen LogP contribution in [0.4, 0.5) is 0 Å². The van der Waals surface area contributed by atoms with Gasteiger partial charge in [0.15, 0.2) is 6.61 Å². The van der Waals surface area contributed by atoms with Crippen LogP contribution < -0.4 is 9.47 Å². The van der Waals surface area contributed by atoms with Gasteiger partial charge in [-0.1, -0.05) is 12.8 Å². The minimum Gasteiger partial charge on any atom is -0.474 e. The first-order valence-corrected chi connectivity index (χ1v) is 6.79. The predicted molar refractivity (Wildman–Crippen MR) is 73.0 cm³/mol. The van der Waals surface area contributed by atoms with E-state index in [0.717, 1.165) is 18.8 Å². The van der Waals surface area contributed by atoms with Gasteiger partial charge >= 0.3 is 0 Å². The third kappa shape index (κ3) is 4.44. The molecule has 0 bridgehead atoms. The molecule has 0 aromatic carbocycles. The summed E-state index contributed by atoms with van der Waals surface area (Å²) in [4.78, 5) is 8.17. The van der Waals surface area contributed by atoms with Crippen LogP contribution in [-0.2, 0) is 0 Å². The fraction of sp³-hybridized carbons (Fsp3) is 0.600. The molecule has 1 aromatic rings. The number of rotatable bonds is 4. The molecule has 1 heterocycles. The number of ether oxygens (including phenoxy) is 2. The van der Waals surface area contributed by atoms with Gasteiger partial charge < -0.3 is 9.47 Å². The summed E-state index contributed by atoms with van der Waals surface area (Å²) < 4.78 is 11.3. The molecule has 19 heavy (non-hydrogen) atoms. The quantitative estimate of drug-likeness (QED) is 0.781. The maximum Gasteiger partial charge on any atom is 0.221 e. The van der Waals surface area contributed by atoms with Crippen molar-refractivity contribution in [3.63, 3.8) is 0 Å². The summed E-state index contributed by atoms with van der Waals surface area (Å²) >= 11 is 0. The minimum absolute atomic E-state index is 0.273. The Morgan fingerprint density at radius 2 is 1.95 bits per heavy atom. The van der Waals surface area contributed by atoms with E-state index >= 15 is 0 Å². The topological polar surface area (TPSA) is 44.2 Å². The van der Waals surface area contributed by atoms with Crippen molar-refractivity contribution in [3.8, 4) is 23.6 Å². The number of nitrogens with zero attached hydrogens (tertiary/aromatic N) is 2. The fourth-order valence-electron chi connectivity index (χ4n) is 2.17. The monoisotopic (exact) mass is 260 g/mol. The average molecular weight is 260 g/mol. The zero-order chi connectivity index (χ0) is 13.5. The van der Waals surface area contributed by atoms with Gasteiger partial charge in [0.2, 0.25) is 11.8 Å². The molecule has 0 aliphatic heterocycles. The van der Waals surface area contributed by atoms with E-state index in [1.807, 2.05) is 0 Å². The maximum absolute atomic E-state index is 5.88. The van der Waals surface area contributed by atoms with Crippen molar-refractivity contribution >= 4 is 0 Å². The Kier molecular flexibility index (Phi) is 5.02. The summed E-state index contributed by atoms with van der Waals surface area (Å²) in [6.45, 7) is 4.41. The van der Waals surface area contributed by atoms with Crippen molar-refractivity contribution < 1.29 is 9.47 Å². The lowest BCUT2D eigenvalue weighted by molar-refractivity contribution is 0.129. The molecule has 0 radical (unpaired) electrons. The zero-order valence-electron chi connectivity index (χ0n) is 11.6. The standard InChI is InChI=1S/C15H20N2O2/c1-3-4-9-18-14-10-15(17-11-16-14)19-13-7-5-12(2)6-8-13/h10-13H,5-9H2,1-2H3/t12-,13+. The van der Waals surface area contributed by atoms with E-state index in [9.17, 15) is 0 Å². The molecule has 0 saturated heterocycles. The first kappa shape index (κ1) is 13.7. The van der Waals surface area contributed by atoms with Crippen LogP contribution >= 0.6 is 0 Å². The minimum atomic E-state index is 0.273. The second-order valence-electron chi connectivity index (χ2n) is 4.91. The molecule has 0 amide bonds. The first-order chi connectivity index (χ1) is 9.28. The molecule has 4 heteroatoms. The molecule has 1 saturated carbocycles. The van der Waals surface area contributed by atoms with Crippen molar-refractivity contribution in [1.29, 1.82) is 0 Å². The fourth-order valence-corrected chi connectivity index (χ4v) is 2.17. The second-order valence-corrected chi connectivity index (χ2v) is 4.91. The zero-order valence-corrected chi connectivity index (χ0v) is 11.6. The van der Waals surface area contributed by atoms with E-state index in [4.69, 9.17) is 9.47 Å². The second kappa shape index (κ2) is 6.98. The van der Waals surface area contributed by atoms with Gasteiger partial charge in [0.05, 0.1) is 6.07 Å². The van der Waals surface area contributed by atoms with Crippen molar-refractivity contribution in [1.82, 2.24) is 9.97 Å². The number of hydrogen-bond donors (Lipinski definition) is 0. The molecule has 1 aliphatic carbocycles. The highest BCUT2D eigenvalue weighted by atomic mass is 16.5. The first-order valence-electron chi connectivity index (χ1n) is 6.79. The SMILES string of the molecule is CC#CCOc1cc(O[C@H]2CC[C@@H](C)CC2)ncn1. The van der Waals surface area contributed by atoms with Crippen LogP contribution in [0.3, 0.4) is 0 Å². The molecule has 1 aromatic heterocycles. The van der Waals surface area contributed by atoms with Gasteiger partial charge in [0.1, 0.15) is 12.4 Å². The highest BCUT2D eigenvalue weighted by Gasteiger charge is 2.20. The molecule has 0 unspecified atom stereocenters. The van der Waals surface area contributed by atoms with Gasteiger partial charge in [-0.2, -0.15) is 0 Å². The third-order valence-corrected chi connectivity index (χ3v) is 3.34. The van der Waals surface area contributed by atoms with Crippen molar-refractivity contribution in [2.24, 2.45) is 5.92 Å². The van der Waals surface area contributed by atoms with Crippen LogP contribution in [0, 0.1) is 17.8 Å². The van der Waals surface area contributed by atoms with Crippen molar-refractivity contribution in [2.45, 2.75) is 45.6 Å². The number of hydrogen-bond acceptors (Lipinski definition) is 4. The van der Waals surface area contributed by atoms with Crippen LogP contribution in [0.1, 0.15) is 39.5 Å². The maximum atomic E-state index is 5.88. The molecule has 2 rings (SSSR count). The highest BCUT2D eigenvalue weighted by Crippen LogP contribution is 2.27. The van der Waals surface area contributed by atoms with Gasteiger partial charge in [-0.25, -0.2) is 9.97 Å². The van der Waals surface area contributed by atoms with Crippen LogP contribution in [0.2, 0.25) is 0 Å². The van der Waals surface area contributed by atoms with Crippen LogP contribution in [-0.4, -0.2) is 22.7 Å². The van der Waals surface area contributed by atoms with Crippen LogP contribution in [0.15, 0.2) is 12.4 Å². The predicted octanol–water partition coefficient (Wildman–Crippen LogP) is 2.84. The highest BCUT2D eigenvalue weighted by molar-refractivity contribution is 5.19. The van der Waals surface area contributed by atoms with Crippen LogP contribution in [0.5, 0.6) is 11.8 Å². The third-order valence-electron chi connectivity index (χ3n) is 3.34. The van der Waals surface area contributed by atoms with Crippen molar-refractivity contribution in [2.75, 3.05) is 6.61 Å². The van der Waals surface area contributed by atoms with E-state index in [-0.39, 0.29) is 6.10 Å². The molecule has 4 nitrogen and oxygen atoms in total. The lowest BCUT2D eigenvalue weighted by Crippen LogP contribution is -2.23. The van der Waals surface area contributed by atoms with E-state index in [2.05, 4.69) is 28.7 Å². The van der Waals surface area contributed by atoms with Crippen LogP contribution in [0.25, 0.3) is 0 Å². The Hall–Kier alpha value is -1.76. The molecule has 1 aliphatic rings. The van der Waals surface area contributed by atoms with Gasteiger partial charge in [0, 0.05) is 0 Å². The summed E-state index contributed by atoms with van der Waals surface area (Å²) in [5, 5.41) is 0. The molecule has 0 spiro atoms. The average Bonchev–Trinajstić information content (AvgIpc) is 2.42. The smallest absolute Gasteiger partial charge is 0.221 e. The molecule has 0 N–H and O–H groups in total. The van der Waals surface area contributed by atoms with Gasteiger partial charge in [-0.3, -0.25) is 0 Å². The summed E-state index contributed by atoms with van der Waals surface area (Å²) in [5.41, 5.74) is 0. The Morgan fingerprint density at radius 3 is 2.68 bits per heavy atom. The summed E-state index contributed by atoms with van der Waals surface area (Å²) in [5.74, 6) is 7.52. The Bertz CT molecular complexity index is 457. The summed E-state index contributed by atoms with van der Waals surface area (Å²) in [6, 6.07) is 1.73. The number of aromatic nitrogens is 2. The summed E-state index contributed by atoms with van der Waals surface area (Å²) in [6.07, 6.45) is 6.39. The molecular weight excluding hydrogens is 240 g/mol. The Balaban J connectivity index is 1.89. The molecule has 1 fully saturated rings. The molecule has 102 valence electrons. The largest absolute Gasteiger partial charge is 0.474 e. The van der Waals surface area contributed by atoms with Gasteiger partial charge in [-0.15, -0.1) is 5.92 Å². The van der Waals surface area contributed by atoms with Crippen molar-refractivity contribution in [3.05, 3.63) is 12.4 Å². The Morgan fingerprint density at radius 1 is 1.21 bits per heavy atom. The molecule has 0 atom stereocenters. The van der Waals surface area contributed by atoms with E-state index in [1.54, 1.807) is 13.0 Å². The lowest BCUT2D eigenvalue weighted by atomic mass is 9.89. The van der Waals surface area contributed by atoms with E-state index in [0.29, 0.717) is 18.4 Å². The van der Waals surface area contributed by atoms with E-state index in [1.165, 1.54) is 19.2 Å².